The predicted molar refractivity (Wildman–Crippen MR) is 73.7 cm³/mol. The van der Waals surface area contributed by atoms with E-state index in [2.05, 4.69) is 0 Å². The third kappa shape index (κ3) is 3.18. The minimum absolute atomic E-state index is 0.0368. The van der Waals surface area contributed by atoms with E-state index in [9.17, 15) is 19.3 Å². The molecule has 0 atom stereocenters. The van der Waals surface area contributed by atoms with Crippen molar-refractivity contribution >= 4 is 11.6 Å². The Hall–Kier alpha value is -2.02. The second kappa shape index (κ2) is 6.17. The highest BCUT2D eigenvalue weighted by atomic mass is 19.1. The lowest BCUT2D eigenvalue weighted by atomic mass is 10.0. The fraction of sp³-hybridized carbons (Fsp3) is 0.500. The van der Waals surface area contributed by atoms with Crippen molar-refractivity contribution in [2.24, 2.45) is 0 Å². The molecule has 1 aromatic carbocycles. The summed E-state index contributed by atoms with van der Waals surface area (Å²) in [6.45, 7) is 2.52. The Morgan fingerprint density at radius 3 is 2.62 bits per heavy atom. The number of nitro benzene ring substituents is 1. The summed E-state index contributed by atoms with van der Waals surface area (Å²) < 4.78 is 19.4. The average molecular weight is 296 g/mol. The Morgan fingerprint density at radius 2 is 2.05 bits per heavy atom. The van der Waals surface area contributed by atoms with Gasteiger partial charge in [-0.05, 0) is 25.3 Å². The Labute approximate surface area is 121 Å². The summed E-state index contributed by atoms with van der Waals surface area (Å²) >= 11 is 0. The number of rotatable bonds is 3. The van der Waals surface area contributed by atoms with Crippen LogP contribution < -0.4 is 0 Å². The lowest BCUT2D eigenvalue weighted by Crippen LogP contribution is -2.41. The molecule has 1 aliphatic rings. The zero-order chi connectivity index (χ0) is 15.6. The number of amides is 1. The molecule has 0 aromatic heterocycles. The van der Waals surface area contributed by atoms with Gasteiger partial charge in [0, 0.05) is 38.4 Å². The molecule has 0 unspecified atom stereocenters. The molecule has 0 aliphatic carbocycles. The van der Waals surface area contributed by atoms with Crippen molar-refractivity contribution in [2.75, 3.05) is 20.3 Å². The van der Waals surface area contributed by atoms with Gasteiger partial charge in [-0.2, -0.15) is 0 Å². The molecule has 1 saturated heterocycles. The van der Waals surface area contributed by atoms with Crippen molar-refractivity contribution in [3.05, 3.63) is 39.2 Å². The van der Waals surface area contributed by atoms with Gasteiger partial charge in [0.2, 0.25) is 0 Å². The fourth-order valence-electron chi connectivity index (χ4n) is 2.44. The van der Waals surface area contributed by atoms with Gasteiger partial charge in [-0.25, -0.2) is 4.39 Å². The Morgan fingerprint density at radius 1 is 1.43 bits per heavy atom. The molecule has 1 fully saturated rings. The molecule has 1 heterocycles. The standard InChI is InChI=1S/C14H17FN2O4/c1-9-7-11(17(19)20)8-12(13(9)15)14(18)16(2)10-3-5-21-6-4-10/h7-8,10H,3-6H2,1-2H3. The van der Waals surface area contributed by atoms with Gasteiger partial charge in [0.1, 0.15) is 5.82 Å². The van der Waals surface area contributed by atoms with Gasteiger partial charge in [0.25, 0.3) is 11.6 Å². The van der Waals surface area contributed by atoms with E-state index < -0.39 is 16.6 Å². The van der Waals surface area contributed by atoms with Crippen LogP contribution in [-0.4, -0.2) is 42.0 Å². The molecule has 0 radical (unpaired) electrons. The van der Waals surface area contributed by atoms with Crippen LogP contribution in [0.2, 0.25) is 0 Å². The van der Waals surface area contributed by atoms with Crippen LogP contribution in [0.5, 0.6) is 0 Å². The third-order valence-electron chi connectivity index (χ3n) is 3.74. The molecule has 2 rings (SSSR count). The van der Waals surface area contributed by atoms with Crippen LogP contribution in [0.15, 0.2) is 12.1 Å². The molecule has 1 aliphatic heterocycles. The summed E-state index contributed by atoms with van der Waals surface area (Å²) in [5.41, 5.74) is -0.443. The monoisotopic (exact) mass is 296 g/mol. The molecular weight excluding hydrogens is 279 g/mol. The van der Waals surface area contributed by atoms with Gasteiger partial charge >= 0.3 is 0 Å². The maximum Gasteiger partial charge on any atom is 0.270 e. The van der Waals surface area contributed by atoms with Crippen molar-refractivity contribution in [1.82, 2.24) is 4.90 Å². The van der Waals surface area contributed by atoms with Crippen molar-refractivity contribution in [3.8, 4) is 0 Å². The zero-order valence-corrected chi connectivity index (χ0v) is 12.0. The van der Waals surface area contributed by atoms with Crippen LogP contribution >= 0.6 is 0 Å². The number of ether oxygens (including phenoxy) is 1. The third-order valence-corrected chi connectivity index (χ3v) is 3.74. The molecule has 114 valence electrons. The largest absolute Gasteiger partial charge is 0.381 e. The first-order valence-electron chi connectivity index (χ1n) is 6.71. The Kier molecular flexibility index (Phi) is 4.52. The fourth-order valence-corrected chi connectivity index (χ4v) is 2.44. The zero-order valence-electron chi connectivity index (χ0n) is 12.0. The number of non-ortho nitro benzene ring substituents is 1. The second-order valence-corrected chi connectivity index (χ2v) is 5.14. The van der Waals surface area contributed by atoms with Gasteiger partial charge < -0.3 is 9.64 Å². The van der Waals surface area contributed by atoms with Gasteiger partial charge in [-0.15, -0.1) is 0 Å². The number of carbonyl (C=O) groups excluding carboxylic acids is 1. The highest BCUT2D eigenvalue weighted by Gasteiger charge is 2.27. The van der Waals surface area contributed by atoms with E-state index in [0.717, 1.165) is 12.1 Å². The number of nitrogens with zero attached hydrogens (tertiary/aromatic N) is 2. The number of nitro groups is 1. The van der Waals surface area contributed by atoms with Crippen molar-refractivity contribution in [1.29, 1.82) is 0 Å². The summed E-state index contributed by atoms with van der Waals surface area (Å²) in [6, 6.07) is 2.09. The van der Waals surface area contributed by atoms with Crippen LogP contribution in [-0.2, 0) is 4.74 Å². The number of carbonyl (C=O) groups is 1. The lowest BCUT2D eigenvalue weighted by molar-refractivity contribution is -0.385. The van der Waals surface area contributed by atoms with E-state index in [1.807, 2.05) is 0 Å². The van der Waals surface area contributed by atoms with Crippen LogP contribution in [0.4, 0.5) is 10.1 Å². The molecule has 0 N–H and O–H groups in total. The molecule has 7 heteroatoms. The first-order valence-corrected chi connectivity index (χ1v) is 6.71. The van der Waals surface area contributed by atoms with Crippen LogP contribution in [0.1, 0.15) is 28.8 Å². The van der Waals surface area contributed by atoms with E-state index >= 15 is 0 Å². The van der Waals surface area contributed by atoms with Crippen molar-refractivity contribution < 1.29 is 18.8 Å². The first kappa shape index (κ1) is 15.4. The summed E-state index contributed by atoms with van der Waals surface area (Å²) in [6.07, 6.45) is 1.36. The molecule has 0 spiro atoms. The van der Waals surface area contributed by atoms with E-state index in [1.165, 1.54) is 11.8 Å². The summed E-state index contributed by atoms with van der Waals surface area (Å²) in [4.78, 5) is 24.1. The Bertz CT molecular complexity index is 570. The summed E-state index contributed by atoms with van der Waals surface area (Å²) in [5, 5.41) is 10.9. The van der Waals surface area contributed by atoms with Crippen LogP contribution in [0, 0.1) is 22.9 Å². The summed E-state index contributed by atoms with van der Waals surface area (Å²) in [5.74, 6) is -1.24. The molecule has 6 nitrogen and oxygen atoms in total. The highest BCUT2D eigenvalue weighted by molar-refractivity contribution is 5.95. The van der Waals surface area contributed by atoms with E-state index in [0.29, 0.717) is 26.1 Å². The molecule has 1 aromatic rings. The Balaban J connectivity index is 2.31. The van der Waals surface area contributed by atoms with Gasteiger partial charge in [-0.1, -0.05) is 0 Å². The van der Waals surface area contributed by atoms with Crippen LogP contribution in [0.3, 0.4) is 0 Å². The van der Waals surface area contributed by atoms with Gasteiger partial charge in [0.15, 0.2) is 0 Å². The highest BCUT2D eigenvalue weighted by Crippen LogP contribution is 2.24. The molecule has 0 bridgehead atoms. The van der Waals surface area contributed by atoms with Gasteiger partial charge in [0.05, 0.1) is 10.5 Å². The number of halogens is 1. The second-order valence-electron chi connectivity index (χ2n) is 5.14. The molecular formula is C14H17FN2O4. The van der Waals surface area contributed by atoms with E-state index in [-0.39, 0.29) is 22.9 Å². The lowest BCUT2D eigenvalue weighted by Gasteiger charge is -2.31. The number of aryl methyl sites for hydroxylation is 1. The number of benzene rings is 1. The van der Waals surface area contributed by atoms with Crippen molar-refractivity contribution in [2.45, 2.75) is 25.8 Å². The quantitative estimate of drug-likeness (QED) is 0.633. The van der Waals surface area contributed by atoms with Crippen molar-refractivity contribution in [3.63, 3.8) is 0 Å². The predicted octanol–water partition coefficient (Wildman–Crippen LogP) is 2.29. The molecule has 21 heavy (non-hydrogen) atoms. The average Bonchev–Trinajstić information content (AvgIpc) is 2.49. The molecule has 0 saturated carbocycles. The topological polar surface area (TPSA) is 72.7 Å². The van der Waals surface area contributed by atoms with E-state index in [4.69, 9.17) is 4.74 Å². The maximum atomic E-state index is 14.1. The maximum absolute atomic E-state index is 14.1. The summed E-state index contributed by atoms with van der Waals surface area (Å²) in [7, 11) is 1.59. The normalized spacial score (nSPS) is 15.8. The molecule has 1 amide bonds. The SMILES string of the molecule is Cc1cc([N+](=O)[O-])cc(C(=O)N(C)C2CCOCC2)c1F. The van der Waals surface area contributed by atoms with Crippen LogP contribution in [0.25, 0.3) is 0 Å². The minimum Gasteiger partial charge on any atom is -0.381 e. The van der Waals surface area contributed by atoms with Gasteiger partial charge in [-0.3, -0.25) is 14.9 Å². The van der Waals surface area contributed by atoms with E-state index in [1.54, 1.807) is 7.05 Å². The number of hydrogen-bond acceptors (Lipinski definition) is 4. The smallest absolute Gasteiger partial charge is 0.270 e. The number of hydrogen-bond donors (Lipinski definition) is 0. The first-order chi connectivity index (χ1) is 9.91. The minimum atomic E-state index is -0.704.